The Bertz CT molecular complexity index is 690. The normalized spacial score (nSPS) is 10.7. The highest BCUT2D eigenvalue weighted by Gasteiger charge is 2.05. The van der Waals surface area contributed by atoms with Crippen LogP contribution in [0.2, 0.25) is 10.0 Å². The van der Waals surface area contributed by atoms with E-state index in [2.05, 4.69) is 26.5 Å². The molecule has 2 aromatic carbocycles. The monoisotopic (exact) mass is 400 g/mol. The summed E-state index contributed by atoms with van der Waals surface area (Å²) < 4.78 is 6.26. The topological polar surface area (TPSA) is 50.7 Å². The van der Waals surface area contributed by atoms with Crippen molar-refractivity contribution in [1.29, 1.82) is 0 Å². The van der Waals surface area contributed by atoms with Gasteiger partial charge >= 0.3 is 0 Å². The molecule has 0 aromatic heterocycles. The molecule has 0 heterocycles. The minimum absolute atomic E-state index is 0.195. The number of amides is 1. The number of hydrogen-bond acceptors (Lipinski definition) is 3. The molecule has 2 rings (SSSR count). The van der Waals surface area contributed by atoms with E-state index in [1.807, 2.05) is 24.3 Å². The maximum atomic E-state index is 11.6. The Morgan fingerprint density at radius 2 is 1.95 bits per heavy atom. The predicted octanol–water partition coefficient (Wildman–Crippen LogP) is 4.29. The molecule has 114 valence electrons. The summed E-state index contributed by atoms with van der Waals surface area (Å²) in [5, 5.41) is 4.69. The summed E-state index contributed by atoms with van der Waals surface area (Å²) in [4.78, 5) is 11.6. The number of hydrazone groups is 1. The summed E-state index contributed by atoms with van der Waals surface area (Å²) in [5.74, 6) is -0.00233. The lowest BCUT2D eigenvalue weighted by molar-refractivity contribution is -0.123. The fraction of sp³-hybridized carbons (Fsp3) is 0.0667. The fourth-order valence-corrected chi connectivity index (χ4v) is 2.22. The van der Waals surface area contributed by atoms with Crippen molar-refractivity contribution in [2.24, 2.45) is 5.10 Å². The van der Waals surface area contributed by atoms with Crippen molar-refractivity contribution in [2.75, 3.05) is 6.61 Å². The number of halogens is 3. The third-order valence-corrected chi connectivity index (χ3v) is 3.58. The van der Waals surface area contributed by atoms with Crippen LogP contribution in [0.4, 0.5) is 0 Å². The second-order valence-corrected chi connectivity index (χ2v) is 5.97. The second kappa shape index (κ2) is 8.17. The van der Waals surface area contributed by atoms with Gasteiger partial charge in [-0.1, -0.05) is 51.3 Å². The lowest BCUT2D eigenvalue weighted by atomic mass is 10.2. The first-order chi connectivity index (χ1) is 10.5. The number of nitrogens with zero attached hydrogens (tertiary/aromatic N) is 1. The number of nitrogens with one attached hydrogen (secondary N) is 1. The molecule has 0 aliphatic heterocycles. The van der Waals surface area contributed by atoms with Crippen LogP contribution in [0.15, 0.2) is 52.0 Å². The molecule has 7 heteroatoms. The number of hydrogen-bond donors (Lipinski definition) is 1. The van der Waals surface area contributed by atoms with Crippen molar-refractivity contribution in [2.45, 2.75) is 0 Å². The molecule has 0 atom stereocenters. The van der Waals surface area contributed by atoms with Gasteiger partial charge in [0.15, 0.2) is 6.61 Å². The lowest BCUT2D eigenvalue weighted by Gasteiger charge is -2.06. The van der Waals surface area contributed by atoms with E-state index in [0.717, 1.165) is 10.0 Å². The van der Waals surface area contributed by atoms with E-state index in [0.29, 0.717) is 15.8 Å². The molecule has 0 saturated heterocycles. The van der Waals surface area contributed by atoms with Gasteiger partial charge in [0.25, 0.3) is 5.91 Å². The molecule has 0 saturated carbocycles. The highest BCUT2D eigenvalue weighted by Crippen LogP contribution is 2.27. The van der Waals surface area contributed by atoms with Crippen LogP contribution in [0.3, 0.4) is 0 Å². The summed E-state index contributed by atoms with van der Waals surface area (Å²) in [5.41, 5.74) is 3.24. The Balaban J connectivity index is 1.81. The number of rotatable bonds is 5. The summed E-state index contributed by atoms with van der Waals surface area (Å²) in [7, 11) is 0. The zero-order valence-corrected chi connectivity index (χ0v) is 14.3. The third kappa shape index (κ3) is 5.33. The van der Waals surface area contributed by atoms with Gasteiger partial charge in [0.2, 0.25) is 0 Å². The van der Waals surface area contributed by atoms with Crippen LogP contribution in [-0.2, 0) is 4.79 Å². The molecule has 22 heavy (non-hydrogen) atoms. The zero-order chi connectivity index (χ0) is 15.9. The lowest BCUT2D eigenvalue weighted by Crippen LogP contribution is -2.24. The standard InChI is InChI=1S/C15H11BrCl2N2O2/c16-11-3-1-10(2-4-11)8-19-20-15(21)9-22-14-6-5-12(17)7-13(14)18/h1-8H,9H2,(H,20,21)/b19-8-. The Kier molecular flexibility index (Phi) is 6.24. The van der Waals surface area contributed by atoms with E-state index < -0.39 is 0 Å². The molecule has 0 fully saturated rings. The number of ether oxygens (including phenoxy) is 1. The van der Waals surface area contributed by atoms with Gasteiger partial charge in [-0.15, -0.1) is 0 Å². The highest BCUT2D eigenvalue weighted by atomic mass is 79.9. The second-order valence-electron chi connectivity index (χ2n) is 4.21. The summed E-state index contributed by atoms with van der Waals surface area (Å²) in [6.45, 7) is -0.195. The van der Waals surface area contributed by atoms with Gasteiger partial charge in [-0.3, -0.25) is 4.79 Å². The maximum absolute atomic E-state index is 11.6. The molecule has 0 aliphatic carbocycles. The molecule has 2 aromatic rings. The first kappa shape index (κ1) is 16.8. The summed E-state index contributed by atoms with van der Waals surface area (Å²) in [6.07, 6.45) is 1.54. The van der Waals surface area contributed by atoms with Crippen molar-refractivity contribution in [3.05, 3.63) is 62.5 Å². The summed E-state index contributed by atoms with van der Waals surface area (Å²) in [6, 6.07) is 12.3. The van der Waals surface area contributed by atoms with Gasteiger partial charge in [0.05, 0.1) is 11.2 Å². The van der Waals surface area contributed by atoms with E-state index in [4.69, 9.17) is 27.9 Å². The Hall–Kier alpha value is -1.56. The molecular formula is C15H11BrCl2N2O2. The molecule has 0 radical (unpaired) electrons. The summed E-state index contributed by atoms with van der Waals surface area (Å²) >= 11 is 15.1. The average Bonchev–Trinajstić information content (AvgIpc) is 2.48. The molecule has 0 spiro atoms. The van der Waals surface area contributed by atoms with Crippen LogP contribution in [-0.4, -0.2) is 18.7 Å². The van der Waals surface area contributed by atoms with E-state index in [9.17, 15) is 4.79 Å². The molecule has 0 unspecified atom stereocenters. The zero-order valence-electron chi connectivity index (χ0n) is 11.2. The van der Waals surface area contributed by atoms with E-state index in [1.54, 1.807) is 24.4 Å². The molecule has 1 amide bonds. The predicted molar refractivity (Wildman–Crippen MR) is 91.8 cm³/mol. The third-order valence-electron chi connectivity index (χ3n) is 2.53. The molecular weight excluding hydrogens is 391 g/mol. The fourth-order valence-electron chi connectivity index (χ4n) is 1.50. The van der Waals surface area contributed by atoms with Gasteiger partial charge in [-0.05, 0) is 35.9 Å². The van der Waals surface area contributed by atoms with Crippen LogP contribution < -0.4 is 10.2 Å². The van der Waals surface area contributed by atoms with Crippen molar-refractivity contribution in [3.63, 3.8) is 0 Å². The van der Waals surface area contributed by atoms with Crippen LogP contribution in [0.25, 0.3) is 0 Å². The highest BCUT2D eigenvalue weighted by molar-refractivity contribution is 9.10. The van der Waals surface area contributed by atoms with Crippen molar-refractivity contribution >= 4 is 51.3 Å². The van der Waals surface area contributed by atoms with Gasteiger partial charge in [-0.25, -0.2) is 5.43 Å². The first-order valence-corrected chi connectivity index (χ1v) is 7.75. The number of carbonyl (C=O) groups is 1. The van der Waals surface area contributed by atoms with Gasteiger partial charge in [-0.2, -0.15) is 5.10 Å². The van der Waals surface area contributed by atoms with Crippen molar-refractivity contribution in [3.8, 4) is 5.75 Å². The van der Waals surface area contributed by atoms with Crippen LogP contribution in [0.1, 0.15) is 5.56 Å². The number of carbonyl (C=O) groups excluding carboxylic acids is 1. The maximum Gasteiger partial charge on any atom is 0.277 e. The number of benzene rings is 2. The molecule has 0 bridgehead atoms. The van der Waals surface area contributed by atoms with Gasteiger partial charge < -0.3 is 4.74 Å². The minimum atomic E-state index is -0.389. The minimum Gasteiger partial charge on any atom is -0.482 e. The van der Waals surface area contributed by atoms with E-state index >= 15 is 0 Å². The first-order valence-electron chi connectivity index (χ1n) is 6.20. The van der Waals surface area contributed by atoms with E-state index in [-0.39, 0.29) is 12.5 Å². The molecule has 0 aliphatic rings. The van der Waals surface area contributed by atoms with Crippen LogP contribution in [0.5, 0.6) is 5.75 Å². The van der Waals surface area contributed by atoms with Gasteiger partial charge in [0, 0.05) is 9.50 Å². The molecule has 1 N–H and O–H groups in total. The molecule has 4 nitrogen and oxygen atoms in total. The average molecular weight is 402 g/mol. The Morgan fingerprint density at radius 3 is 2.64 bits per heavy atom. The van der Waals surface area contributed by atoms with Gasteiger partial charge in [0.1, 0.15) is 5.75 Å². The smallest absolute Gasteiger partial charge is 0.277 e. The largest absolute Gasteiger partial charge is 0.482 e. The van der Waals surface area contributed by atoms with Crippen LogP contribution >= 0.6 is 39.1 Å². The Morgan fingerprint density at radius 1 is 1.23 bits per heavy atom. The van der Waals surface area contributed by atoms with Crippen LogP contribution in [0, 0.1) is 0 Å². The SMILES string of the molecule is O=C(COc1ccc(Cl)cc1Cl)N/N=C\c1ccc(Br)cc1. The van der Waals surface area contributed by atoms with Crippen molar-refractivity contribution < 1.29 is 9.53 Å². The quantitative estimate of drug-likeness (QED) is 0.600. The van der Waals surface area contributed by atoms with Crippen molar-refractivity contribution in [1.82, 2.24) is 5.43 Å². The van der Waals surface area contributed by atoms with E-state index in [1.165, 1.54) is 0 Å². The Labute approximate surface area is 146 Å².